The summed E-state index contributed by atoms with van der Waals surface area (Å²) in [4.78, 5) is 22.6. The number of furan rings is 1. The first kappa shape index (κ1) is 22.4. The van der Waals surface area contributed by atoms with Gasteiger partial charge in [-0.1, -0.05) is 60.1 Å². The quantitative estimate of drug-likeness (QED) is 0.379. The largest absolute Gasteiger partial charge is 0.466 e. The lowest BCUT2D eigenvalue weighted by molar-refractivity contribution is 0.319. The van der Waals surface area contributed by atoms with Gasteiger partial charge in [0.2, 0.25) is 5.95 Å². The van der Waals surface area contributed by atoms with Gasteiger partial charge < -0.3 is 9.73 Å². The van der Waals surface area contributed by atoms with Crippen molar-refractivity contribution >= 4 is 17.5 Å². The highest BCUT2D eigenvalue weighted by Crippen LogP contribution is 2.40. The van der Waals surface area contributed by atoms with Crippen LogP contribution in [0.1, 0.15) is 40.2 Å². The maximum absolute atomic E-state index is 12.6. The highest BCUT2D eigenvalue weighted by atomic mass is 35.5. The first-order valence-corrected chi connectivity index (χ1v) is 11.8. The van der Waals surface area contributed by atoms with Crippen molar-refractivity contribution in [2.24, 2.45) is 0 Å². The summed E-state index contributed by atoms with van der Waals surface area (Å²) in [6.45, 7) is 4.90. The van der Waals surface area contributed by atoms with Gasteiger partial charge in [-0.2, -0.15) is 0 Å². The van der Waals surface area contributed by atoms with Gasteiger partial charge in [-0.3, -0.25) is 14.7 Å². The van der Waals surface area contributed by atoms with Crippen LogP contribution in [0.25, 0.3) is 0 Å². The van der Waals surface area contributed by atoms with Crippen LogP contribution in [0.2, 0.25) is 5.02 Å². The topological polar surface area (TPSA) is 74.2 Å². The monoisotopic (exact) mass is 474 g/mol. The lowest BCUT2D eigenvalue weighted by Gasteiger charge is -2.17. The molecular formula is C27H27ClN4O2. The Labute approximate surface area is 203 Å². The molecule has 1 aliphatic heterocycles. The average molecular weight is 475 g/mol. The molecule has 0 spiro atoms. The van der Waals surface area contributed by atoms with Crippen LogP contribution in [-0.2, 0) is 13.1 Å². The van der Waals surface area contributed by atoms with Gasteiger partial charge in [0, 0.05) is 49.1 Å². The van der Waals surface area contributed by atoms with Gasteiger partial charge in [0.25, 0.3) is 5.56 Å². The molecule has 5 rings (SSSR count). The molecule has 174 valence electrons. The Morgan fingerprint density at radius 1 is 1.06 bits per heavy atom. The third-order valence-electron chi connectivity index (χ3n) is 6.32. The molecule has 0 saturated carbocycles. The molecule has 2 N–H and O–H groups in total. The van der Waals surface area contributed by atoms with Crippen LogP contribution >= 0.6 is 11.6 Å². The predicted octanol–water partition coefficient (Wildman–Crippen LogP) is 5.32. The Hall–Kier alpha value is -3.35. The van der Waals surface area contributed by atoms with Crippen molar-refractivity contribution in [3.05, 3.63) is 117 Å². The first-order valence-electron chi connectivity index (χ1n) is 11.5. The van der Waals surface area contributed by atoms with Crippen LogP contribution in [-0.4, -0.2) is 28.0 Å². The van der Waals surface area contributed by atoms with Gasteiger partial charge in [0.15, 0.2) is 0 Å². The van der Waals surface area contributed by atoms with Crippen LogP contribution in [0.5, 0.6) is 0 Å². The van der Waals surface area contributed by atoms with Crippen molar-refractivity contribution in [1.82, 2.24) is 14.9 Å². The summed E-state index contributed by atoms with van der Waals surface area (Å²) in [5, 5.41) is 3.90. The van der Waals surface area contributed by atoms with Gasteiger partial charge in [-0.15, -0.1) is 0 Å². The van der Waals surface area contributed by atoms with Crippen molar-refractivity contribution < 1.29 is 4.42 Å². The second kappa shape index (κ2) is 9.87. The standard InChI is InChI=1S/C27H27ClN4O2/c1-18-11-12-25(34-18)22-17-32(15-19-7-3-2-4-8-19)16-21(22)24-13-26(33)31-27(30-24)29-14-20-9-5-6-10-23(20)28/h2-13,21-22H,14-17H2,1H3,(H2,29,30,31,33)/t21-,22-/m0/s1. The zero-order valence-electron chi connectivity index (χ0n) is 19.0. The number of halogens is 1. The summed E-state index contributed by atoms with van der Waals surface area (Å²) < 4.78 is 6.03. The molecule has 1 aliphatic rings. The zero-order valence-corrected chi connectivity index (χ0v) is 19.8. The van der Waals surface area contributed by atoms with Crippen molar-refractivity contribution in [1.29, 1.82) is 0 Å². The van der Waals surface area contributed by atoms with Gasteiger partial charge in [0.05, 0.1) is 5.69 Å². The fourth-order valence-corrected chi connectivity index (χ4v) is 4.87. The SMILES string of the molecule is Cc1ccc([C@H]2CN(Cc3ccccc3)C[C@@H]2c2cc(=O)[nH]c(NCc3ccccc3Cl)n2)o1. The predicted molar refractivity (Wildman–Crippen MR) is 134 cm³/mol. The minimum Gasteiger partial charge on any atom is -0.466 e. The third kappa shape index (κ3) is 5.08. The number of nitrogens with zero attached hydrogens (tertiary/aromatic N) is 2. The molecular weight excluding hydrogens is 448 g/mol. The summed E-state index contributed by atoms with van der Waals surface area (Å²) in [7, 11) is 0. The first-order chi connectivity index (χ1) is 16.5. The van der Waals surface area contributed by atoms with Crippen molar-refractivity contribution in [3.63, 3.8) is 0 Å². The molecule has 2 atom stereocenters. The van der Waals surface area contributed by atoms with Crippen molar-refractivity contribution in [2.75, 3.05) is 18.4 Å². The number of aryl methyl sites for hydroxylation is 1. The second-order valence-electron chi connectivity index (χ2n) is 8.80. The average Bonchev–Trinajstić information content (AvgIpc) is 3.45. The molecule has 0 aliphatic carbocycles. The van der Waals surface area contributed by atoms with E-state index < -0.39 is 0 Å². The van der Waals surface area contributed by atoms with E-state index in [-0.39, 0.29) is 17.4 Å². The maximum atomic E-state index is 12.6. The number of H-pyrrole nitrogens is 1. The van der Waals surface area contributed by atoms with Crippen LogP contribution in [0, 0.1) is 6.92 Å². The molecule has 0 amide bonds. The highest BCUT2D eigenvalue weighted by Gasteiger charge is 2.38. The number of anilines is 1. The Kier molecular flexibility index (Phi) is 6.52. The summed E-state index contributed by atoms with van der Waals surface area (Å²) >= 11 is 6.28. The minimum atomic E-state index is -0.178. The smallest absolute Gasteiger partial charge is 0.252 e. The Morgan fingerprint density at radius 2 is 1.82 bits per heavy atom. The van der Waals surface area contributed by atoms with Gasteiger partial charge >= 0.3 is 0 Å². The summed E-state index contributed by atoms with van der Waals surface area (Å²) in [6, 6.07) is 23.7. The Bertz CT molecular complexity index is 1320. The molecule has 7 heteroatoms. The second-order valence-corrected chi connectivity index (χ2v) is 9.21. The molecule has 2 aromatic heterocycles. The fraction of sp³-hybridized carbons (Fsp3) is 0.259. The van der Waals surface area contributed by atoms with Crippen LogP contribution < -0.4 is 10.9 Å². The van der Waals surface area contributed by atoms with Gasteiger partial charge in [0.1, 0.15) is 11.5 Å². The fourth-order valence-electron chi connectivity index (χ4n) is 4.67. The Balaban J connectivity index is 1.41. The van der Waals surface area contributed by atoms with E-state index in [0.29, 0.717) is 17.5 Å². The Morgan fingerprint density at radius 3 is 2.59 bits per heavy atom. The number of likely N-dealkylation sites (tertiary alicyclic amines) is 1. The molecule has 4 aromatic rings. The summed E-state index contributed by atoms with van der Waals surface area (Å²) in [5.74, 6) is 2.42. The minimum absolute atomic E-state index is 0.0393. The normalized spacial score (nSPS) is 18.3. The maximum Gasteiger partial charge on any atom is 0.252 e. The molecule has 0 radical (unpaired) electrons. The number of hydrogen-bond donors (Lipinski definition) is 2. The molecule has 1 fully saturated rings. The number of nitrogens with one attached hydrogen (secondary N) is 2. The van der Waals surface area contributed by atoms with E-state index in [1.54, 1.807) is 6.07 Å². The number of aromatic nitrogens is 2. The zero-order chi connectivity index (χ0) is 23.5. The van der Waals surface area contributed by atoms with E-state index in [1.807, 2.05) is 49.4 Å². The number of aromatic amines is 1. The van der Waals surface area contributed by atoms with Crippen LogP contribution in [0.15, 0.2) is 82.0 Å². The van der Waals surface area contributed by atoms with E-state index in [4.69, 9.17) is 21.0 Å². The molecule has 2 aromatic carbocycles. The van der Waals surface area contributed by atoms with Gasteiger partial charge in [-0.25, -0.2) is 4.98 Å². The van der Waals surface area contributed by atoms with Crippen molar-refractivity contribution in [3.8, 4) is 0 Å². The third-order valence-corrected chi connectivity index (χ3v) is 6.69. The van der Waals surface area contributed by atoms with Crippen molar-refractivity contribution in [2.45, 2.75) is 31.8 Å². The molecule has 0 unspecified atom stereocenters. The lowest BCUT2D eigenvalue weighted by Crippen LogP contribution is -2.21. The highest BCUT2D eigenvalue weighted by molar-refractivity contribution is 6.31. The number of benzene rings is 2. The van der Waals surface area contributed by atoms with E-state index in [9.17, 15) is 4.79 Å². The summed E-state index contributed by atoms with van der Waals surface area (Å²) in [5.41, 5.74) is 2.79. The van der Waals surface area contributed by atoms with Crippen LogP contribution in [0.4, 0.5) is 5.95 Å². The molecule has 34 heavy (non-hydrogen) atoms. The molecule has 6 nitrogen and oxygen atoms in total. The summed E-state index contributed by atoms with van der Waals surface area (Å²) in [6.07, 6.45) is 0. The van der Waals surface area contributed by atoms with Crippen LogP contribution in [0.3, 0.4) is 0 Å². The number of hydrogen-bond acceptors (Lipinski definition) is 5. The lowest BCUT2D eigenvalue weighted by atomic mass is 9.90. The van der Waals surface area contributed by atoms with E-state index in [0.717, 1.165) is 42.4 Å². The number of rotatable bonds is 7. The molecule has 1 saturated heterocycles. The van der Waals surface area contributed by atoms with E-state index in [2.05, 4.69) is 39.5 Å². The molecule has 3 heterocycles. The van der Waals surface area contributed by atoms with E-state index in [1.165, 1.54) is 5.56 Å². The van der Waals surface area contributed by atoms with E-state index >= 15 is 0 Å². The van der Waals surface area contributed by atoms with Gasteiger partial charge in [-0.05, 0) is 36.2 Å². The molecule has 0 bridgehead atoms.